The van der Waals surface area contributed by atoms with Gasteiger partial charge in [-0.1, -0.05) is 86.7 Å². The van der Waals surface area contributed by atoms with Crippen LogP contribution in [0.1, 0.15) is 101 Å². The molecule has 0 heterocycles. The Hall–Kier alpha value is -7.92. The zero-order valence-electron chi connectivity index (χ0n) is 36.8. The van der Waals surface area contributed by atoms with Crippen molar-refractivity contribution in [2.24, 2.45) is 0 Å². The van der Waals surface area contributed by atoms with E-state index >= 15 is 0 Å². The van der Waals surface area contributed by atoms with E-state index in [1.165, 1.54) is 19.5 Å². The standard InChI is InChI=1S/C12H12N2O3.C9H15NO5.C9H4.C8H6BrN.C8H4BrN.4CH4.H3NO5.5H2/c1-8(15)14-11(12(16)17)6-9-3-2-4-10(5-9)7-13;1-4-14-8(12)7(10-6(3)11)9(13)15-5-2;1-3-5-7-9-8-6-4-2;9-5-7-2-1-3-8(4-7)6-10;1-2-3-4-5-6-7-8(9)10;;;;;2-4-1-5-6-3;;;;;/h2-5,11H,6H2,1H3,(H,14,15)(H,16,17);7H,4-5H2,1-3H3,(H,10,11);1H,2H3;1-4H,5H2;10H,1H3;4*1H4;1-3H;5*1H. The minimum absolute atomic E-state index is 0. The Balaban J connectivity index is -0.0000000571. The van der Waals surface area contributed by atoms with Gasteiger partial charge in [-0.15, -0.1) is 11.4 Å². The van der Waals surface area contributed by atoms with E-state index in [1.807, 2.05) is 24.3 Å². The second-order valence-corrected chi connectivity index (χ2v) is 12.1. The summed E-state index contributed by atoms with van der Waals surface area (Å²) in [6, 6.07) is 15.9. The fourth-order valence-corrected chi connectivity index (χ4v) is 3.92. The Morgan fingerprint density at radius 1 is 0.746 bits per heavy atom. The van der Waals surface area contributed by atoms with Gasteiger partial charge in [-0.05, 0) is 155 Å². The molecule has 71 heavy (non-hydrogen) atoms. The lowest BCUT2D eigenvalue weighted by atomic mass is 10.0. The largest absolute Gasteiger partial charge is 0.480 e. The number of halogens is 2. The van der Waals surface area contributed by atoms with Gasteiger partial charge in [0.15, 0.2) is 0 Å². The van der Waals surface area contributed by atoms with Gasteiger partial charge in [0.2, 0.25) is 17.9 Å². The average molecular weight is 1120 g/mol. The summed E-state index contributed by atoms with van der Waals surface area (Å²) >= 11 is 6.16. The third-order valence-electron chi connectivity index (χ3n) is 5.81. The molecule has 0 bridgehead atoms. The molecule has 1 unspecified atom stereocenters. The molecule has 7 N–H and O–H groups in total. The number of nitrogens with one attached hydrogen (secondary N) is 4. The third kappa shape index (κ3) is 54.6. The fraction of sp³-hybridized carbons (Fsp3) is 0.320. The van der Waals surface area contributed by atoms with Gasteiger partial charge in [-0.3, -0.25) is 15.0 Å². The number of nitrogens with zero attached hydrogens (tertiary/aromatic N) is 2. The van der Waals surface area contributed by atoms with Gasteiger partial charge in [-0.2, -0.15) is 10.5 Å². The molecule has 0 spiro atoms. The van der Waals surface area contributed by atoms with Crippen molar-refractivity contribution in [3.05, 3.63) is 70.8 Å². The Morgan fingerprint density at radius 3 is 1.54 bits per heavy atom. The number of alkyl halides is 1. The smallest absolute Gasteiger partial charge is 0.340 e. The molecular formula is C50H70Br2N6O13. The van der Waals surface area contributed by atoms with Crippen molar-refractivity contribution >= 4 is 66.2 Å². The first kappa shape index (κ1) is 80.1. The summed E-state index contributed by atoms with van der Waals surface area (Å²) in [4.78, 5) is 61.4. The number of ether oxygens (including phenoxy) is 2. The predicted octanol–water partition coefficient (Wildman–Crippen LogP) is 7.89. The van der Waals surface area contributed by atoms with Crippen LogP contribution in [-0.4, -0.2) is 75.3 Å². The lowest BCUT2D eigenvalue weighted by Crippen LogP contribution is -2.47. The number of carbonyl (C=O) groups is 5. The second-order valence-electron chi connectivity index (χ2n) is 10.7. The summed E-state index contributed by atoms with van der Waals surface area (Å²) in [5.74, 6) is 28.3. The Bertz CT molecular complexity index is 2430. The number of aliphatic carboxylic acids is 1. The molecule has 2 aromatic rings. The summed E-state index contributed by atoms with van der Waals surface area (Å²) in [6.07, 6.45) is 4.97. The Morgan fingerprint density at radius 2 is 1.18 bits per heavy atom. The number of terminal acetylenes is 1. The van der Waals surface area contributed by atoms with Crippen LogP contribution in [0.4, 0.5) is 0 Å². The highest BCUT2D eigenvalue weighted by molar-refractivity contribution is 9.18. The van der Waals surface area contributed by atoms with E-state index < -0.39 is 41.8 Å². The van der Waals surface area contributed by atoms with Crippen LogP contribution in [-0.2, 0) is 60.2 Å². The maximum atomic E-state index is 11.3. The number of carbonyl (C=O) groups excluding carboxylic acids is 4. The number of carboxylic acid groups (broad SMARTS) is 1. The Kier molecular flexibility index (Phi) is 65.7. The normalized spacial score (nSPS) is 7.89. The monoisotopic (exact) mass is 1120 g/mol. The van der Waals surface area contributed by atoms with E-state index in [1.54, 1.807) is 58.0 Å². The first-order chi connectivity index (χ1) is 32.0. The SMILES string of the molecule is C.C.C.C.C#CC#CC#CC#CC.CC#CC#CC#CC(=N)Br.CC(=O)NC(Cc1cccc(C#N)c1)C(=O)O.CCOC(=O)C(NC(C)=O)C(=O)OCC.N#Cc1cccc(CBr)c1.OONOOO.[HH].[HH].[HH].[HH].[HH]. The molecule has 392 valence electrons. The van der Waals surface area contributed by atoms with E-state index in [-0.39, 0.29) is 61.1 Å². The number of nitriles is 2. The summed E-state index contributed by atoms with van der Waals surface area (Å²) < 4.78 is 9.37. The number of hydrogen-bond acceptors (Lipinski definition) is 16. The lowest BCUT2D eigenvalue weighted by molar-refractivity contribution is -0.571. The summed E-state index contributed by atoms with van der Waals surface area (Å²) in [5.41, 5.74) is 4.31. The van der Waals surface area contributed by atoms with Crippen molar-refractivity contribution in [1.29, 1.82) is 15.9 Å². The molecule has 0 aromatic heterocycles. The van der Waals surface area contributed by atoms with Crippen molar-refractivity contribution in [3.63, 3.8) is 0 Å². The molecule has 0 saturated carbocycles. The number of benzene rings is 2. The first-order valence-corrected chi connectivity index (χ1v) is 20.1. The van der Waals surface area contributed by atoms with E-state index in [2.05, 4.69) is 150 Å². The molecule has 0 aliphatic rings. The van der Waals surface area contributed by atoms with Crippen LogP contribution in [0.5, 0.6) is 0 Å². The molecule has 19 nitrogen and oxygen atoms in total. The van der Waals surface area contributed by atoms with Crippen molar-refractivity contribution in [1.82, 2.24) is 16.3 Å². The van der Waals surface area contributed by atoms with E-state index in [4.69, 9.17) is 38.0 Å². The number of carboxylic acids is 1. The molecular weight excluding hydrogens is 1050 g/mol. The first-order valence-electron chi connectivity index (χ1n) is 18.2. The van der Waals surface area contributed by atoms with Crippen LogP contribution in [0, 0.1) is 111 Å². The molecule has 2 rings (SSSR count). The van der Waals surface area contributed by atoms with Crippen LogP contribution in [0.15, 0.2) is 48.5 Å². The molecule has 2 amide bonds. The molecule has 1 atom stereocenters. The Labute approximate surface area is 442 Å². The zero-order valence-corrected chi connectivity index (χ0v) is 39.9. The summed E-state index contributed by atoms with van der Waals surface area (Å²) in [5, 5.41) is 55.6. The lowest BCUT2D eigenvalue weighted by Gasteiger charge is -2.14. The van der Waals surface area contributed by atoms with Gasteiger partial charge in [-0.25, -0.2) is 24.9 Å². The number of hydrogen-bond donors (Lipinski definition) is 7. The van der Waals surface area contributed by atoms with Crippen molar-refractivity contribution in [2.45, 2.75) is 95.1 Å². The number of rotatable bonds is 13. The molecule has 0 aliphatic heterocycles. The molecule has 21 heteroatoms. The van der Waals surface area contributed by atoms with Crippen LogP contribution in [0.25, 0.3) is 0 Å². The molecule has 2 aromatic carbocycles. The van der Waals surface area contributed by atoms with Gasteiger partial charge in [0, 0.05) is 32.7 Å². The van der Waals surface area contributed by atoms with E-state index in [9.17, 15) is 24.0 Å². The minimum Gasteiger partial charge on any atom is -0.480 e. The maximum absolute atomic E-state index is 11.3. The van der Waals surface area contributed by atoms with Crippen molar-refractivity contribution in [2.75, 3.05) is 13.2 Å². The minimum atomic E-state index is -1.37. The number of esters is 2. The molecule has 0 fully saturated rings. The maximum Gasteiger partial charge on any atom is 0.340 e. The third-order valence-corrected chi connectivity index (χ3v) is 6.66. The highest BCUT2D eigenvalue weighted by atomic mass is 79.9. The zero-order chi connectivity index (χ0) is 51.7. The summed E-state index contributed by atoms with van der Waals surface area (Å²) in [6.45, 7) is 9.36. The van der Waals surface area contributed by atoms with Gasteiger partial charge in [0.1, 0.15) is 10.7 Å². The van der Waals surface area contributed by atoms with Crippen LogP contribution in [0.3, 0.4) is 0 Å². The van der Waals surface area contributed by atoms with Crippen molar-refractivity contribution < 1.29 is 71.2 Å². The van der Waals surface area contributed by atoms with E-state index in [0.29, 0.717) is 11.1 Å². The van der Waals surface area contributed by atoms with Gasteiger partial charge in [0.25, 0.3) is 0 Å². The second kappa shape index (κ2) is 58.2. The highest BCUT2D eigenvalue weighted by Gasteiger charge is 2.30. The van der Waals surface area contributed by atoms with Crippen LogP contribution < -0.4 is 16.3 Å². The topological polar surface area (TPSA) is 300 Å². The quantitative estimate of drug-likeness (QED) is 0.0147. The highest BCUT2D eigenvalue weighted by Crippen LogP contribution is 2.08. The fourth-order valence-electron chi connectivity index (χ4n) is 3.48. The van der Waals surface area contributed by atoms with Crippen LogP contribution in [0.2, 0.25) is 0 Å². The average Bonchev–Trinajstić information content (AvgIpc) is 3.30. The van der Waals surface area contributed by atoms with Gasteiger partial charge >= 0.3 is 17.9 Å². The summed E-state index contributed by atoms with van der Waals surface area (Å²) in [7, 11) is 0. The molecule has 0 radical (unpaired) electrons. The van der Waals surface area contributed by atoms with Crippen LogP contribution >= 0.6 is 31.9 Å². The van der Waals surface area contributed by atoms with Gasteiger partial charge < -0.3 is 25.2 Å². The molecule has 0 saturated heterocycles. The van der Waals surface area contributed by atoms with Crippen molar-refractivity contribution in [3.8, 4) is 95.5 Å². The predicted molar refractivity (Wildman–Crippen MR) is 287 cm³/mol. The molecule has 0 aliphatic carbocycles. The van der Waals surface area contributed by atoms with Gasteiger partial charge in [0.05, 0.1) is 36.5 Å². The van der Waals surface area contributed by atoms with E-state index in [0.717, 1.165) is 16.5 Å². The number of amides is 2.